The van der Waals surface area contributed by atoms with Crippen molar-refractivity contribution in [2.24, 2.45) is 0 Å². The van der Waals surface area contributed by atoms with Gasteiger partial charge in [0.05, 0.1) is 0 Å². The number of hydrogen-bond acceptors (Lipinski definition) is 4. The van der Waals surface area contributed by atoms with Crippen molar-refractivity contribution in [3.8, 4) is 0 Å². The molecular formula is C24H28N4O. The van der Waals surface area contributed by atoms with E-state index >= 15 is 0 Å². The Bertz CT molecular complexity index is 921. The van der Waals surface area contributed by atoms with Gasteiger partial charge in [-0.15, -0.1) is 0 Å². The average Bonchev–Trinajstić information content (AvgIpc) is 2.76. The van der Waals surface area contributed by atoms with Crippen molar-refractivity contribution < 1.29 is 4.79 Å². The highest BCUT2D eigenvalue weighted by Gasteiger charge is 2.11. The van der Waals surface area contributed by atoms with Crippen molar-refractivity contribution >= 4 is 23.1 Å². The summed E-state index contributed by atoms with van der Waals surface area (Å²) in [4.78, 5) is 21.4. The Hall–Kier alpha value is -3.34. The molecule has 0 spiro atoms. The number of nitrogens with one attached hydrogen (secondary N) is 1. The maximum atomic E-state index is 12.7. The molecule has 0 bridgehead atoms. The summed E-state index contributed by atoms with van der Waals surface area (Å²) in [6, 6.07) is 21.7. The van der Waals surface area contributed by atoms with Crippen LogP contribution in [0.4, 0.5) is 17.2 Å². The SMILES string of the molecule is CCN(CC)c1ccc(NC(=O)c2ccnc(N(C)Cc3ccccc3)c2)cc1. The number of pyridine rings is 1. The first kappa shape index (κ1) is 20.4. The van der Waals surface area contributed by atoms with Crippen LogP contribution in [0.3, 0.4) is 0 Å². The van der Waals surface area contributed by atoms with E-state index in [-0.39, 0.29) is 5.91 Å². The molecule has 0 atom stereocenters. The molecule has 150 valence electrons. The van der Waals surface area contributed by atoms with Crippen molar-refractivity contribution in [2.45, 2.75) is 20.4 Å². The standard InChI is InChI=1S/C24H28N4O/c1-4-28(5-2)22-13-11-21(12-14-22)26-24(29)20-15-16-25-23(17-20)27(3)18-19-9-7-6-8-10-19/h6-17H,4-5,18H2,1-3H3,(H,26,29). The lowest BCUT2D eigenvalue weighted by atomic mass is 10.2. The van der Waals surface area contributed by atoms with Crippen LogP contribution >= 0.6 is 0 Å². The number of hydrogen-bond donors (Lipinski definition) is 1. The molecule has 1 N–H and O–H groups in total. The molecule has 0 aliphatic rings. The summed E-state index contributed by atoms with van der Waals surface area (Å²) in [7, 11) is 1.98. The van der Waals surface area contributed by atoms with E-state index in [2.05, 4.69) is 41.2 Å². The van der Waals surface area contributed by atoms with Gasteiger partial charge in [0, 0.05) is 49.8 Å². The summed E-state index contributed by atoms with van der Waals surface area (Å²) in [5, 5.41) is 2.97. The highest BCUT2D eigenvalue weighted by molar-refractivity contribution is 6.04. The summed E-state index contributed by atoms with van der Waals surface area (Å²) < 4.78 is 0. The molecule has 3 rings (SSSR count). The molecule has 29 heavy (non-hydrogen) atoms. The van der Waals surface area contributed by atoms with E-state index in [4.69, 9.17) is 0 Å². The Kier molecular flexibility index (Phi) is 6.85. The van der Waals surface area contributed by atoms with Crippen LogP contribution in [-0.4, -0.2) is 31.0 Å². The summed E-state index contributed by atoms with van der Waals surface area (Å²) in [5.74, 6) is 0.621. The first-order valence-corrected chi connectivity index (χ1v) is 9.98. The summed E-state index contributed by atoms with van der Waals surface area (Å²) in [5.41, 5.74) is 3.71. The van der Waals surface area contributed by atoms with Crippen molar-refractivity contribution in [3.05, 3.63) is 84.1 Å². The van der Waals surface area contributed by atoms with Gasteiger partial charge in [-0.25, -0.2) is 4.98 Å². The minimum atomic E-state index is -0.141. The Balaban J connectivity index is 1.67. The van der Waals surface area contributed by atoms with E-state index in [9.17, 15) is 4.79 Å². The van der Waals surface area contributed by atoms with Crippen LogP contribution in [0.15, 0.2) is 72.9 Å². The fraction of sp³-hybridized carbons (Fsp3) is 0.250. The summed E-state index contributed by atoms with van der Waals surface area (Å²) in [6.45, 7) is 6.91. The normalized spacial score (nSPS) is 10.4. The zero-order chi connectivity index (χ0) is 20.6. The molecule has 5 nitrogen and oxygen atoms in total. The van der Waals surface area contributed by atoms with Gasteiger partial charge in [-0.2, -0.15) is 0 Å². The average molecular weight is 389 g/mol. The molecule has 0 fully saturated rings. The second-order valence-corrected chi connectivity index (χ2v) is 6.92. The fourth-order valence-corrected chi connectivity index (χ4v) is 3.25. The van der Waals surface area contributed by atoms with E-state index < -0.39 is 0 Å². The molecule has 5 heteroatoms. The van der Waals surface area contributed by atoms with Crippen LogP contribution in [0.2, 0.25) is 0 Å². The highest BCUT2D eigenvalue weighted by Crippen LogP contribution is 2.19. The number of aromatic nitrogens is 1. The van der Waals surface area contributed by atoms with E-state index in [0.29, 0.717) is 5.56 Å². The Morgan fingerprint density at radius 2 is 1.66 bits per heavy atom. The second kappa shape index (κ2) is 9.73. The Morgan fingerprint density at radius 1 is 0.966 bits per heavy atom. The lowest BCUT2D eigenvalue weighted by molar-refractivity contribution is 0.102. The second-order valence-electron chi connectivity index (χ2n) is 6.92. The topological polar surface area (TPSA) is 48.5 Å². The molecule has 1 heterocycles. The molecule has 2 aromatic carbocycles. The maximum absolute atomic E-state index is 12.7. The van der Waals surface area contributed by atoms with E-state index in [1.807, 2.05) is 60.5 Å². The number of anilines is 3. The van der Waals surface area contributed by atoms with Gasteiger partial charge in [0.25, 0.3) is 5.91 Å². The van der Waals surface area contributed by atoms with Crippen LogP contribution < -0.4 is 15.1 Å². The van der Waals surface area contributed by atoms with Gasteiger partial charge >= 0.3 is 0 Å². The minimum Gasteiger partial charge on any atom is -0.372 e. The molecule has 1 aromatic heterocycles. The smallest absolute Gasteiger partial charge is 0.255 e. The van der Waals surface area contributed by atoms with E-state index in [1.54, 1.807) is 12.3 Å². The minimum absolute atomic E-state index is 0.141. The van der Waals surface area contributed by atoms with Crippen LogP contribution in [0.1, 0.15) is 29.8 Å². The molecule has 0 saturated carbocycles. The van der Waals surface area contributed by atoms with Gasteiger partial charge in [0.15, 0.2) is 0 Å². The largest absolute Gasteiger partial charge is 0.372 e. The predicted octanol–water partition coefficient (Wildman–Crippen LogP) is 4.82. The zero-order valence-corrected chi connectivity index (χ0v) is 17.3. The molecule has 0 saturated heterocycles. The lowest BCUT2D eigenvalue weighted by Gasteiger charge is -2.21. The molecule has 0 radical (unpaired) electrons. The number of nitrogens with zero attached hydrogens (tertiary/aromatic N) is 3. The van der Waals surface area contributed by atoms with Crippen molar-refractivity contribution in [2.75, 3.05) is 35.3 Å². The third kappa shape index (κ3) is 5.35. The van der Waals surface area contributed by atoms with E-state index in [1.165, 1.54) is 5.56 Å². The zero-order valence-electron chi connectivity index (χ0n) is 17.3. The number of carbonyl (C=O) groups is 1. The number of amides is 1. The van der Waals surface area contributed by atoms with Gasteiger partial charge in [0.2, 0.25) is 0 Å². The lowest BCUT2D eigenvalue weighted by Crippen LogP contribution is -2.21. The maximum Gasteiger partial charge on any atom is 0.255 e. The molecule has 0 aliphatic heterocycles. The predicted molar refractivity (Wildman–Crippen MR) is 121 cm³/mol. The fourth-order valence-electron chi connectivity index (χ4n) is 3.25. The van der Waals surface area contributed by atoms with Gasteiger partial charge < -0.3 is 15.1 Å². The van der Waals surface area contributed by atoms with Crippen molar-refractivity contribution in [1.29, 1.82) is 0 Å². The summed E-state index contributed by atoms with van der Waals surface area (Å²) in [6.07, 6.45) is 1.68. The van der Waals surface area contributed by atoms with Crippen molar-refractivity contribution in [3.63, 3.8) is 0 Å². The third-order valence-corrected chi connectivity index (χ3v) is 4.92. The number of benzene rings is 2. The molecule has 1 amide bonds. The Morgan fingerprint density at radius 3 is 2.31 bits per heavy atom. The van der Waals surface area contributed by atoms with Gasteiger partial charge in [-0.1, -0.05) is 30.3 Å². The monoisotopic (exact) mass is 388 g/mol. The molecule has 0 unspecified atom stereocenters. The summed E-state index contributed by atoms with van der Waals surface area (Å²) >= 11 is 0. The van der Waals surface area contributed by atoms with Crippen LogP contribution in [0.5, 0.6) is 0 Å². The van der Waals surface area contributed by atoms with Crippen LogP contribution in [-0.2, 0) is 6.54 Å². The number of carbonyl (C=O) groups excluding carboxylic acids is 1. The Labute approximate surface area is 173 Å². The third-order valence-electron chi connectivity index (χ3n) is 4.92. The first-order valence-electron chi connectivity index (χ1n) is 9.98. The van der Waals surface area contributed by atoms with Crippen molar-refractivity contribution in [1.82, 2.24) is 4.98 Å². The quantitative estimate of drug-likeness (QED) is 0.601. The van der Waals surface area contributed by atoms with Gasteiger partial charge in [0.1, 0.15) is 5.82 Å². The molecule has 0 aliphatic carbocycles. The van der Waals surface area contributed by atoms with Crippen LogP contribution in [0, 0.1) is 0 Å². The molecular weight excluding hydrogens is 360 g/mol. The van der Waals surface area contributed by atoms with E-state index in [0.717, 1.165) is 36.8 Å². The van der Waals surface area contributed by atoms with Crippen LogP contribution in [0.25, 0.3) is 0 Å². The highest BCUT2D eigenvalue weighted by atomic mass is 16.1. The molecule has 3 aromatic rings. The van der Waals surface area contributed by atoms with Gasteiger partial charge in [-0.05, 0) is 55.8 Å². The van der Waals surface area contributed by atoms with Gasteiger partial charge in [-0.3, -0.25) is 4.79 Å². The first-order chi connectivity index (χ1) is 14.1. The number of rotatable bonds is 8.